The minimum Gasteiger partial charge on any atom is -0.389 e. The molecule has 2 N–H and O–H groups in total. The summed E-state index contributed by atoms with van der Waals surface area (Å²) >= 11 is 0. The largest absolute Gasteiger partial charge is 0.389 e. The van der Waals surface area contributed by atoms with Crippen LogP contribution in [0.15, 0.2) is 17.2 Å². The average Bonchev–Trinajstić information content (AvgIpc) is 2.71. The van der Waals surface area contributed by atoms with Gasteiger partial charge in [0.05, 0.1) is 12.7 Å². The third-order valence-electron chi connectivity index (χ3n) is 2.53. The molecule has 0 saturated heterocycles. The van der Waals surface area contributed by atoms with E-state index in [1.165, 1.54) is 17.8 Å². The Morgan fingerprint density at radius 1 is 1.67 bits per heavy atom. The minimum absolute atomic E-state index is 0.258. The molecule has 2 heterocycles. The highest BCUT2D eigenvalue weighted by Gasteiger charge is 2.11. The molecule has 0 aliphatic rings. The molecule has 98 valence electrons. The molecule has 0 aromatic carbocycles. The van der Waals surface area contributed by atoms with Crippen molar-refractivity contribution in [1.82, 2.24) is 19.6 Å². The number of hydrogen-bond acceptors (Lipinski definition) is 6. The number of anilines is 1. The summed E-state index contributed by atoms with van der Waals surface area (Å²) in [6.07, 6.45) is 0.801. The summed E-state index contributed by atoms with van der Waals surface area (Å²) in [5.74, 6) is 0.622. The van der Waals surface area contributed by atoms with Crippen molar-refractivity contribution in [2.24, 2.45) is 0 Å². The van der Waals surface area contributed by atoms with Gasteiger partial charge in [0, 0.05) is 26.8 Å². The molecule has 0 aliphatic heterocycles. The Bertz CT molecular complexity index is 578. The summed E-state index contributed by atoms with van der Waals surface area (Å²) in [4.78, 5) is 17.2. The van der Waals surface area contributed by atoms with Crippen LogP contribution >= 0.6 is 0 Å². The summed E-state index contributed by atoms with van der Waals surface area (Å²) in [5, 5.41) is 15.8. The third kappa shape index (κ3) is 2.49. The first kappa shape index (κ1) is 12.5. The number of aliphatic hydroxyl groups is 1. The van der Waals surface area contributed by atoms with Crippen LogP contribution in [0.4, 0.5) is 5.82 Å². The van der Waals surface area contributed by atoms with Gasteiger partial charge in [-0.1, -0.05) is 0 Å². The van der Waals surface area contributed by atoms with Crippen molar-refractivity contribution in [2.45, 2.75) is 6.10 Å². The molecule has 2 rings (SSSR count). The molecule has 1 atom stereocenters. The number of hydrogen-bond donors (Lipinski definition) is 2. The second-order valence-electron chi connectivity index (χ2n) is 3.99. The Morgan fingerprint density at radius 3 is 3.17 bits per heavy atom. The Labute approximate surface area is 103 Å². The number of methoxy groups -OCH3 is 1. The Kier molecular flexibility index (Phi) is 3.58. The van der Waals surface area contributed by atoms with E-state index in [1.54, 1.807) is 18.0 Å². The van der Waals surface area contributed by atoms with Crippen molar-refractivity contribution in [3.05, 3.63) is 22.9 Å². The maximum atomic E-state index is 11.3. The van der Waals surface area contributed by atoms with Crippen LogP contribution in [0.3, 0.4) is 0 Å². The summed E-state index contributed by atoms with van der Waals surface area (Å²) in [6, 6.07) is 1.66. The van der Waals surface area contributed by atoms with E-state index in [0.29, 0.717) is 18.0 Å². The summed E-state index contributed by atoms with van der Waals surface area (Å²) < 4.78 is 6.16. The van der Waals surface area contributed by atoms with Crippen molar-refractivity contribution < 1.29 is 9.84 Å². The molecular weight excluding hydrogens is 238 g/mol. The zero-order chi connectivity index (χ0) is 13.1. The lowest BCUT2D eigenvalue weighted by molar-refractivity contribution is 0.0694. The second kappa shape index (κ2) is 5.15. The Morgan fingerprint density at radius 2 is 2.44 bits per heavy atom. The van der Waals surface area contributed by atoms with Crippen LogP contribution in [0.5, 0.6) is 0 Å². The van der Waals surface area contributed by atoms with Crippen molar-refractivity contribution >= 4 is 11.5 Å². The molecule has 0 spiro atoms. The van der Waals surface area contributed by atoms with Crippen molar-refractivity contribution in [3.63, 3.8) is 0 Å². The standard InChI is InChI=1S/C10H15N5O3/c1-14(4-7(16)5-18-2)8-3-9-12-13-10(17)15(9)6-11-8/h3,6-7,16H,4-5H2,1-2H3,(H,13,17). The molecule has 8 heteroatoms. The number of rotatable bonds is 5. The number of nitrogens with zero attached hydrogens (tertiary/aromatic N) is 4. The molecule has 0 amide bonds. The number of aromatic amines is 1. The lowest BCUT2D eigenvalue weighted by Crippen LogP contribution is -2.32. The highest BCUT2D eigenvalue weighted by molar-refractivity contribution is 5.49. The van der Waals surface area contributed by atoms with Crippen LogP contribution in [0, 0.1) is 0 Å². The van der Waals surface area contributed by atoms with Crippen LogP contribution in [-0.2, 0) is 4.74 Å². The number of likely N-dealkylation sites (N-methyl/N-ethyl adjacent to an activating group) is 1. The number of H-pyrrole nitrogens is 1. The van der Waals surface area contributed by atoms with E-state index >= 15 is 0 Å². The van der Waals surface area contributed by atoms with Crippen LogP contribution in [0.25, 0.3) is 5.65 Å². The lowest BCUT2D eigenvalue weighted by atomic mass is 10.3. The molecule has 0 bridgehead atoms. The van der Waals surface area contributed by atoms with Crippen LogP contribution in [0.1, 0.15) is 0 Å². The molecule has 18 heavy (non-hydrogen) atoms. The quantitative estimate of drug-likeness (QED) is 0.699. The van der Waals surface area contributed by atoms with Crippen molar-refractivity contribution in [3.8, 4) is 0 Å². The van der Waals surface area contributed by atoms with Gasteiger partial charge in [-0.05, 0) is 0 Å². The molecule has 1 unspecified atom stereocenters. The molecule has 8 nitrogen and oxygen atoms in total. The number of aromatic nitrogens is 4. The Hall–Kier alpha value is -1.93. The fourth-order valence-electron chi connectivity index (χ4n) is 1.66. The van der Waals surface area contributed by atoms with Crippen LogP contribution in [0.2, 0.25) is 0 Å². The minimum atomic E-state index is -0.598. The maximum absolute atomic E-state index is 11.3. The molecular formula is C10H15N5O3. The third-order valence-corrected chi connectivity index (χ3v) is 2.53. The van der Waals surface area contributed by atoms with E-state index < -0.39 is 6.10 Å². The first-order chi connectivity index (χ1) is 8.61. The van der Waals surface area contributed by atoms with Crippen LogP contribution < -0.4 is 10.6 Å². The van der Waals surface area contributed by atoms with E-state index in [-0.39, 0.29) is 12.3 Å². The number of nitrogens with one attached hydrogen (secondary N) is 1. The first-order valence-corrected chi connectivity index (χ1v) is 5.42. The normalized spacial score (nSPS) is 12.8. The van der Waals surface area contributed by atoms with E-state index in [2.05, 4.69) is 15.2 Å². The smallest absolute Gasteiger partial charge is 0.348 e. The van der Waals surface area contributed by atoms with E-state index in [9.17, 15) is 9.90 Å². The molecule has 2 aromatic rings. The zero-order valence-corrected chi connectivity index (χ0v) is 10.2. The predicted octanol–water partition coefficient (Wildman–Crippen LogP) is -1.14. The van der Waals surface area contributed by atoms with Gasteiger partial charge >= 0.3 is 5.69 Å². The second-order valence-corrected chi connectivity index (χ2v) is 3.99. The highest BCUT2D eigenvalue weighted by Crippen LogP contribution is 2.09. The van der Waals surface area contributed by atoms with Gasteiger partial charge in [-0.3, -0.25) is 0 Å². The zero-order valence-electron chi connectivity index (χ0n) is 10.2. The predicted molar refractivity (Wildman–Crippen MR) is 64.8 cm³/mol. The Balaban J connectivity index is 2.17. The van der Waals surface area contributed by atoms with Crippen molar-refractivity contribution in [1.29, 1.82) is 0 Å². The van der Waals surface area contributed by atoms with Crippen molar-refractivity contribution in [2.75, 3.05) is 32.2 Å². The summed E-state index contributed by atoms with van der Waals surface area (Å²) in [7, 11) is 3.33. The fourth-order valence-corrected chi connectivity index (χ4v) is 1.66. The topological polar surface area (TPSA) is 95.8 Å². The van der Waals surface area contributed by atoms with Gasteiger partial charge in [-0.2, -0.15) is 5.10 Å². The SMILES string of the molecule is COCC(O)CN(C)c1cc2n[nH]c(=O)n2cn1. The molecule has 0 fully saturated rings. The fraction of sp³-hybridized carbons (Fsp3) is 0.500. The summed E-state index contributed by atoms with van der Waals surface area (Å²) in [6.45, 7) is 0.639. The number of fused-ring (bicyclic) bond motifs is 1. The maximum Gasteiger partial charge on any atom is 0.348 e. The number of aliphatic hydroxyl groups excluding tert-OH is 1. The average molecular weight is 253 g/mol. The highest BCUT2D eigenvalue weighted by atomic mass is 16.5. The summed E-state index contributed by atoms with van der Waals surface area (Å²) in [5.41, 5.74) is 0.157. The number of ether oxygens (including phenoxy) is 1. The lowest BCUT2D eigenvalue weighted by Gasteiger charge is -2.21. The van der Waals surface area contributed by atoms with Gasteiger partial charge < -0.3 is 14.7 Å². The van der Waals surface area contributed by atoms with E-state index in [4.69, 9.17) is 4.74 Å². The van der Waals surface area contributed by atoms with Gasteiger partial charge in [0.2, 0.25) is 0 Å². The molecule has 2 aromatic heterocycles. The first-order valence-electron chi connectivity index (χ1n) is 5.42. The van der Waals surface area contributed by atoms with E-state index in [0.717, 1.165) is 0 Å². The van der Waals surface area contributed by atoms with E-state index in [1.807, 2.05) is 0 Å². The van der Waals surface area contributed by atoms with Gasteiger partial charge in [0.15, 0.2) is 5.65 Å². The monoisotopic (exact) mass is 253 g/mol. The molecule has 0 radical (unpaired) electrons. The molecule has 0 saturated carbocycles. The van der Waals surface area contributed by atoms with Gasteiger partial charge in [0.1, 0.15) is 12.1 Å². The van der Waals surface area contributed by atoms with Gasteiger partial charge in [-0.25, -0.2) is 19.3 Å². The molecule has 0 aliphatic carbocycles. The van der Waals surface area contributed by atoms with Crippen LogP contribution in [-0.4, -0.2) is 58.1 Å². The van der Waals surface area contributed by atoms with Gasteiger partial charge in [-0.15, -0.1) is 0 Å². The van der Waals surface area contributed by atoms with Gasteiger partial charge in [0.25, 0.3) is 0 Å².